The minimum Gasteiger partial charge on any atom is -0.327 e. The third-order valence-electron chi connectivity index (χ3n) is 2.44. The van der Waals surface area contributed by atoms with Gasteiger partial charge in [0.2, 0.25) is 0 Å². The molecule has 0 atom stereocenters. The standard InChI is InChI=1S/C11H6N4O7/c16-10-9(15(20)21)4-8(14(18)19)6-13(10)22-11(17)7-2-1-3-12-5-7/h1-6H. The molecule has 2 aromatic rings. The molecule has 0 amide bonds. The van der Waals surface area contributed by atoms with Gasteiger partial charge in [-0.15, -0.1) is 4.73 Å². The van der Waals surface area contributed by atoms with E-state index >= 15 is 0 Å². The van der Waals surface area contributed by atoms with E-state index < -0.39 is 32.7 Å². The van der Waals surface area contributed by atoms with Crippen molar-refractivity contribution in [3.63, 3.8) is 0 Å². The summed E-state index contributed by atoms with van der Waals surface area (Å²) < 4.78 is 0.144. The van der Waals surface area contributed by atoms with Crippen LogP contribution in [-0.4, -0.2) is 25.5 Å². The average Bonchev–Trinajstić information content (AvgIpc) is 2.49. The van der Waals surface area contributed by atoms with E-state index in [1.165, 1.54) is 18.3 Å². The smallest absolute Gasteiger partial charge is 0.327 e. The van der Waals surface area contributed by atoms with Crippen molar-refractivity contribution in [2.75, 3.05) is 0 Å². The van der Waals surface area contributed by atoms with Crippen LogP contribution in [0.2, 0.25) is 0 Å². The largest absolute Gasteiger partial charge is 0.365 e. The molecule has 0 N–H and O–H groups in total. The first-order valence-corrected chi connectivity index (χ1v) is 5.58. The van der Waals surface area contributed by atoms with Gasteiger partial charge in [-0.2, -0.15) is 0 Å². The number of nitrogens with zero attached hydrogens (tertiary/aromatic N) is 4. The van der Waals surface area contributed by atoms with Gasteiger partial charge in [0, 0.05) is 12.4 Å². The number of rotatable bonds is 4. The molecule has 112 valence electrons. The quantitative estimate of drug-likeness (QED) is 0.579. The van der Waals surface area contributed by atoms with Crippen molar-refractivity contribution in [1.29, 1.82) is 0 Å². The Morgan fingerprint density at radius 3 is 2.55 bits per heavy atom. The van der Waals surface area contributed by atoms with Crippen molar-refractivity contribution in [3.8, 4) is 0 Å². The monoisotopic (exact) mass is 306 g/mol. The molecule has 0 unspecified atom stereocenters. The van der Waals surface area contributed by atoms with Crippen molar-refractivity contribution >= 4 is 17.3 Å². The van der Waals surface area contributed by atoms with Gasteiger partial charge in [-0.25, -0.2) is 4.79 Å². The maximum Gasteiger partial charge on any atom is 0.365 e. The first-order valence-electron chi connectivity index (χ1n) is 5.58. The first kappa shape index (κ1) is 14.8. The van der Waals surface area contributed by atoms with E-state index in [0.717, 1.165) is 6.20 Å². The molecule has 22 heavy (non-hydrogen) atoms. The maximum atomic E-state index is 11.8. The van der Waals surface area contributed by atoms with Crippen LogP contribution in [0.15, 0.2) is 41.6 Å². The summed E-state index contributed by atoms with van der Waals surface area (Å²) >= 11 is 0. The predicted octanol–water partition coefficient (Wildman–Crippen LogP) is 0.329. The normalized spacial score (nSPS) is 10.0. The minimum absolute atomic E-state index is 0.0384. The molecule has 0 radical (unpaired) electrons. The molecule has 0 aliphatic rings. The molecule has 2 aromatic heterocycles. The topological polar surface area (TPSA) is 147 Å². The Balaban J connectivity index is 2.46. The van der Waals surface area contributed by atoms with Crippen molar-refractivity contribution in [1.82, 2.24) is 9.71 Å². The van der Waals surface area contributed by atoms with Crippen molar-refractivity contribution in [2.45, 2.75) is 0 Å². The molecule has 0 spiro atoms. The number of carbonyl (C=O) groups is 1. The van der Waals surface area contributed by atoms with E-state index in [9.17, 15) is 29.8 Å². The molecular weight excluding hydrogens is 300 g/mol. The summed E-state index contributed by atoms with van der Waals surface area (Å²) in [5.74, 6) is -1.05. The van der Waals surface area contributed by atoms with E-state index in [4.69, 9.17) is 0 Å². The Kier molecular flexibility index (Phi) is 3.88. The number of pyridine rings is 2. The lowest BCUT2D eigenvalue weighted by molar-refractivity contribution is -0.396. The van der Waals surface area contributed by atoms with Gasteiger partial charge in [0.1, 0.15) is 12.3 Å². The molecule has 0 saturated carbocycles. The van der Waals surface area contributed by atoms with Gasteiger partial charge in [0.25, 0.3) is 5.69 Å². The van der Waals surface area contributed by atoms with Gasteiger partial charge in [0.05, 0.1) is 15.4 Å². The van der Waals surface area contributed by atoms with Gasteiger partial charge >= 0.3 is 17.2 Å². The zero-order valence-electron chi connectivity index (χ0n) is 10.6. The number of nitro groups is 2. The lowest BCUT2D eigenvalue weighted by Gasteiger charge is -2.05. The summed E-state index contributed by atoms with van der Waals surface area (Å²) in [7, 11) is 0. The molecule has 0 aliphatic carbocycles. The van der Waals surface area contributed by atoms with Crippen LogP contribution in [0.25, 0.3) is 0 Å². The third-order valence-corrected chi connectivity index (χ3v) is 2.44. The van der Waals surface area contributed by atoms with Gasteiger partial charge in [-0.3, -0.25) is 30.0 Å². The van der Waals surface area contributed by atoms with Crippen molar-refractivity contribution in [3.05, 3.63) is 72.9 Å². The van der Waals surface area contributed by atoms with Crippen molar-refractivity contribution in [2.24, 2.45) is 0 Å². The van der Waals surface area contributed by atoms with Crippen LogP contribution in [0.1, 0.15) is 10.4 Å². The lowest BCUT2D eigenvalue weighted by atomic mass is 10.3. The van der Waals surface area contributed by atoms with E-state index in [1.54, 1.807) is 0 Å². The minimum atomic E-state index is -1.31. The molecule has 2 heterocycles. The van der Waals surface area contributed by atoms with Gasteiger partial charge in [-0.05, 0) is 12.1 Å². The van der Waals surface area contributed by atoms with Crippen LogP contribution in [0, 0.1) is 20.2 Å². The molecule has 0 bridgehead atoms. The number of aromatic nitrogens is 2. The van der Waals surface area contributed by atoms with Crippen LogP contribution in [-0.2, 0) is 0 Å². The average molecular weight is 306 g/mol. The highest BCUT2D eigenvalue weighted by Gasteiger charge is 2.24. The van der Waals surface area contributed by atoms with Crippen LogP contribution in [0.3, 0.4) is 0 Å². The van der Waals surface area contributed by atoms with Crippen LogP contribution in [0.4, 0.5) is 11.4 Å². The Bertz CT molecular complexity index is 815. The highest BCUT2D eigenvalue weighted by atomic mass is 16.7. The first-order chi connectivity index (χ1) is 10.4. The molecule has 0 saturated heterocycles. The third kappa shape index (κ3) is 2.92. The Labute approximate surface area is 120 Å². The second-order valence-corrected chi connectivity index (χ2v) is 3.85. The number of hydrogen-bond donors (Lipinski definition) is 0. The highest BCUT2D eigenvalue weighted by molar-refractivity contribution is 5.89. The van der Waals surface area contributed by atoms with Crippen LogP contribution in [0.5, 0.6) is 0 Å². The molecule has 0 fully saturated rings. The van der Waals surface area contributed by atoms with Crippen LogP contribution >= 0.6 is 0 Å². The van der Waals surface area contributed by atoms with E-state index in [1.807, 2.05) is 0 Å². The highest BCUT2D eigenvalue weighted by Crippen LogP contribution is 2.14. The summed E-state index contributed by atoms with van der Waals surface area (Å²) in [5, 5.41) is 21.4. The zero-order chi connectivity index (χ0) is 16.3. The Morgan fingerprint density at radius 1 is 1.27 bits per heavy atom. The Morgan fingerprint density at radius 2 is 2.00 bits per heavy atom. The molecule has 2 rings (SSSR count). The second kappa shape index (κ2) is 5.78. The molecule has 11 heteroatoms. The summed E-state index contributed by atoms with van der Waals surface area (Å²) in [6.45, 7) is 0. The summed E-state index contributed by atoms with van der Waals surface area (Å²) in [4.78, 5) is 51.2. The summed E-state index contributed by atoms with van der Waals surface area (Å²) in [5.41, 5.74) is -3.21. The van der Waals surface area contributed by atoms with Crippen molar-refractivity contribution < 1.29 is 19.5 Å². The Hall–Kier alpha value is -3.63. The summed E-state index contributed by atoms with van der Waals surface area (Å²) in [6, 6.07) is 3.23. The molecule has 0 aromatic carbocycles. The second-order valence-electron chi connectivity index (χ2n) is 3.85. The van der Waals surface area contributed by atoms with E-state index in [2.05, 4.69) is 9.82 Å². The molecule has 11 nitrogen and oxygen atoms in total. The van der Waals surface area contributed by atoms with Gasteiger partial charge in [0.15, 0.2) is 0 Å². The number of hydrogen-bond acceptors (Lipinski definition) is 8. The summed E-state index contributed by atoms with van der Waals surface area (Å²) in [6.07, 6.45) is 3.10. The fourth-order valence-electron chi connectivity index (χ4n) is 1.45. The van der Waals surface area contributed by atoms with Gasteiger partial charge in [-0.1, -0.05) is 0 Å². The van der Waals surface area contributed by atoms with Gasteiger partial charge < -0.3 is 4.84 Å². The number of carbonyl (C=O) groups excluding carboxylic acids is 1. The molecular formula is C11H6N4O7. The van der Waals surface area contributed by atoms with E-state index in [0.29, 0.717) is 12.3 Å². The van der Waals surface area contributed by atoms with Crippen LogP contribution < -0.4 is 10.4 Å². The molecule has 0 aliphatic heterocycles. The predicted molar refractivity (Wildman–Crippen MR) is 69.2 cm³/mol. The zero-order valence-corrected chi connectivity index (χ0v) is 10.6. The lowest BCUT2D eigenvalue weighted by Crippen LogP contribution is -2.32. The SMILES string of the molecule is O=C(On1cc([N+](=O)[O-])cc([N+](=O)[O-])c1=O)c1cccnc1. The fourth-order valence-corrected chi connectivity index (χ4v) is 1.45. The van der Waals surface area contributed by atoms with E-state index in [-0.39, 0.29) is 10.3 Å². The fraction of sp³-hybridized carbons (Fsp3) is 0. The maximum absolute atomic E-state index is 11.8.